The fraction of sp³-hybridized carbons (Fsp3) is 0.393. The molecule has 0 saturated carbocycles. The summed E-state index contributed by atoms with van der Waals surface area (Å²) in [6.45, 7) is 11.5. The quantitative estimate of drug-likeness (QED) is 0.241. The van der Waals surface area contributed by atoms with Crippen molar-refractivity contribution in [2.24, 2.45) is 5.92 Å². The van der Waals surface area contributed by atoms with Crippen LogP contribution in [-0.4, -0.2) is 53.1 Å². The molecule has 1 aliphatic heterocycles. The van der Waals surface area contributed by atoms with Crippen LogP contribution < -0.4 is 14.4 Å². The number of anilines is 1. The molecule has 0 spiro atoms. The fourth-order valence-corrected chi connectivity index (χ4v) is 6.18. The second-order valence-electron chi connectivity index (χ2n) is 9.56. The minimum Gasteiger partial charge on any atom is -0.503 e. The van der Waals surface area contributed by atoms with Crippen LogP contribution in [0.5, 0.6) is 11.5 Å². The number of nitrogens with zero attached hydrogens (tertiary/aromatic N) is 3. The zero-order valence-corrected chi connectivity index (χ0v) is 25.0. The summed E-state index contributed by atoms with van der Waals surface area (Å²) in [5, 5.41) is 11.9. The highest BCUT2D eigenvalue weighted by Crippen LogP contribution is 2.46. The Morgan fingerprint density at radius 2 is 1.77 bits per heavy atom. The lowest BCUT2D eigenvalue weighted by atomic mass is 9.95. The van der Waals surface area contributed by atoms with Gasteiger partial charge in [0.25, 0.3) is 5.91 Å². The van der Waals surface area contributed by atoms with Gasteiger partial charge in [0.1, 0.15) is 4.88 Å². The minimum atomic E-state index is -1.06. The standard InChI is InChI=1S/C28H31N3O7S2/c1-8-37-27(35)25-15(5)30-28(40-25)31-21(17-9-10-18(19(11-17)36-7)38-12-13(2)3)20(23(33)26(31)34)22(32)24-14(4)29-16(6)39-24/h9-11,13,21,33H,8,12H2,1-7H3. The van der Waals surface area contributed by atoms with E-state index in [9.17, 15) is 19.5 Å². The second-order valence-corrected chi connectivity index (χ2v) is 11.7. The maximum Gasteiger partial charge on any atom is 0.350 e. The molecular weight excluding hydrogens is 554 g/mol. The first kappa shape index (κ1) is 29.2. The number of esters is 1. The van der Waals surface area contributed by atoms with Crippen LogP contribution in [0.1, 0.15) is 68.1 Å². The van der Waals surface area contributed by atoms with Gasteiger partial charge >= 0.3 is 5.97 Å². The Balaban J connectivity index is 1.87. The van der Waals surface area contributed by atoms with Gasteiger partial charge in [0.15, 0.2) is 22.4 Å². The van der Waals surface area contributed by atoms with E-state index < -0.39 is 29.5 Å². The number of amides is 1. The van der Waals surface area contributed by atoms with Crippen molar-refractivity contribution in [1.29, 1.82) is 0 Å². The average molecular weight is 586 g/mol. The molecule has 40 heavy (non-hydrogen) atoms. The maximum atomic E-state index is 13.9. The monoisotopic (exact) mass is 585 g/mol. The Morgan fingerprint density at radius 1 is 1.07 bits per heavy atom. The van der Waals surface area contributed by atoms with Gasteiger partial charge in [-0.3, -0.25) is 14.5 Å². The van der Waals surface area contributed by atoms with Crippen molar-refractivity contribution >= 4 is 45.5 Å². The maximum absolute atomic E-state index is 13.9. The van der Waals surface area contributed by atoms with Crippen LogP contribution in [0.3, 0.4) is 0 Å². The van der Waals surface area contributed by atoms with Gasteiger partial charge in [0.2, 0.25) is 5.78 Å². The molecule has 1 aromatic carbocycles. The fourth-order valence-electron chi connectivity index (χ4n) is 4.32. The largest absolute Gasteiger partial charge is 0.503 e. The molecule has 3 heterocycles. The molecule has 1 atom stereocenters. The van der Waals surface area contributed by atoms with E-state index in [4.69, 9.17) is 14.2 Å². The number of carbonyl (C=O) groups is 3. The van der Waals surface area contributed by atoms with E-state index in [-0.39, 0.29) is 28.1 Å². The van der Waals surface area contributed by atoms with Gasteiger partial charge in [-0.1, -0.05) is 31.3 Å². The number of methoxy groups -OCH3 is 1. The van der Waals surface area contributed by atoms with E-state index in [2.05, 4.69) is 9.97 Å². The first-order chi connectivity index (χ1) is 19.0. The van der Waals surface area contributed by atoms with Gasteiger partial charge in [0.05, 0.1) is 53.2 Å². The molecular formula is C28H31N3O7S2. The molecule has 2 aromatic heterocycles. The summed E-state index contributed by atoms with van der Waals surface area (Å²) in [6.07, 6.45) is 0. The predicted molar refractivity (Wildman–Crippen MR) is 152 cm³/mol. The van der Waals surface area contributed by atoms with Crippen LogP contribution in [0.25, 0.3) is 0 Å². The van der Waals surface area contributed by atoms with Crippen LogP contribution in [0.4, 0.5) is 5.13 Å². The van der Waals surface area contributed by atoms with E-state index in [0.29, 0.717) is 44.9 Å². The van der Waals surface area contributed by atoms with Crippen molar-refractivity contribution in [3.63, 3.8) is 0 Å². The molecule has 4 rings (SSSR count). The van der Waals surface area contributed by atoms with Crippen molar-refractivity contribution in [3.8, 4) is 11.5 Å². The molecule has 1 aliphatic rings. The third-order valence-electron chi connectivity index (χ3n) is 6.09. The number of rotatable bonds is 10. The van der Waals surface area contributed by atoms with Crippen molar-refractivity contribution in [2.45, 2.75) is 47.6 Å². The first-order valence-electron chi connectivity index (χ1n) is 12.7. The zero-order chi connectivity index (χ0) is 29.3. The minimum absolute atomic E-state index is 0.111. The van der Waals surface area contributed by atoms with E-state index in [1.165, 1.54) is 23.3 Å². The summed E-state index contributed by atoms with van der Waals surface area (Å²) >= 11 is 2.14. The van der Waals surface area contributed by atoms with Crippen molar-refractivity contribution in [2.75, 3.05) is 25.2 Å². The number of ether oxygens (including phenoxy) is 3. The lowest BCUT2D eigenvalue weighted by Gasteiger charge is -2.25. The summed E-state index contributed by atoms with van der Waals surface area (Å²) in [5.74, 6) is -1.40. The SMILES string of the molecule is CCOC(=O)c1sc(N2C(=O)C(O)=C(C(=O)c3sc(C)nc3C)C2c2ccc(OCC(C)C)c(OC)c2)nc1C. The van der Waals surface area contributed by atoms with E-state index in [1.54, 1.807) is 45.9 Å². The van der Waals surface area contributed by atoms with Crippen LogP contribution in [0, 0.1) is 26.7 Å². The molecule has 1 amide bonds. The third-order valence-corrected chi connectivity index (χ3v) is 8.30. The smallest absolute Gasteiger partial charge is 0.350 e. The number of aliphatic hydroxyl groups excluding tert-OH is 1. The van der Waals surface area contributed by atoms with Crippen LogP contribution in [-0.2, 0) is 9.53 Å². The normalized spacial score (nSPS) is 15.2. The Bertz CT molecular complexity index is 1510. The second kappa shape index (κ2) is 11.8. The van der Waals surface area contributed by atoms with E-state index in [1.807, 2.05) is 13.8 Å². The number of carbonyl (C=O) groups excluding carboxylic acids is 3. The first-order valence-corrected chi connectivity index (χ1v) is 14.3. The van der Waals surface area contributed by atoms with Crippen LogP contribution in [0.15, 0.2) is 29.5 Å². The number of aliphatic hydroxyl groups is 1. The van der Waals surface area contributed by atoms with Crippen molar-refractivity contribution in [1.82, 2.24) is 9.97 Å². The molecule has 3 aromatic rings. The molecule has 12 heteroatoms. The molecule has 212 valence electrons. The van der Waals surface area contributed by atoms with Gasteiger partial charge in [-0.05, 0) is 51.3 Å². The van der Waals surface area contributed by atoms with Crippen molar-refractivity contribution in [3.05, 3.63) is 61.2 Å². The topological polar surface area (TPSA) is 128 Å². The highest BCUT2D eigenvalue weighted by Gasteiger charge is 2.47. The summed E-state index contributed by atoms with van der Waals surface area (Å²) in [6, 6.07) is 4.03. The third kappa shape index (κ3) is 5.46. The Kier molecular flexibility index (Phi) is 8.59. The highest BCUT2D eigenvalue weighted by molar-refractivity contribution is 7.17. The number of hydrogen-bond donors (Lipinski definition) is 1. The number of aryl methyl sites for hydroxylation is 3. The Morgan fingerprint density at radius 3 is 2.38 bits per heavy atom. The Labute approximate surface area is 240 Å². The number of hydrogen-bond acceptors (Lipinski definition) is 11. The van der Waals surface area contributed by atoms with Gasteiger partial charge < -0.3 is 19.3 Å². The Hall–Kier alpha value is -3.77. The molecule has 1 unspecified atom stereocenters. The molecule has 10 nitrogen and oxygen atoms in total. The van der Waals surface area contributed by atoms with Crippen LogP contribution in [0.2, 0.25) is 0 Å². The number of benzene rings is 1. The van der Waals surface area contributed by atoms with E-state index in [0.717, 1.165) is 11.3 Å². The summed E-state index contributed by atoms with van der Waals surface area (Å²) in [4.78, 5) is 50.6. The molecule has 0 radical (unpaired) electrons. The van der Waals surface area contributed by atoms with Crippen molar-refractivity contribution < 1.29 is 33.7 Å². The summed E-state index contributed by atoms with van der Waals surface area (Å²) < 4.78 is 16.6. The number of ketones is 1. The average Bonchev–Trinajstić information content (AvgIpc) is 3.54. The van der Waals surface area contributed by atoms with Crippen LogP contribution >= 0.6 is 22.7 Å². The zero-order valence-electron chi connectivity index (χ0n) is 23.4. The molecule has 0 bridgehead atoms. The summed E-state index contributed by atoms with van der Waals surface area (Å²) in [7, 11) is 1.50. The highest BCUT2D eigenvalue weighted by atomic mass is 32.1. The summed E-state index contributed by atoms with van der Waals surface area (Å²) in [5.41, 5.74) is 1.24. The molecule has 0 saturated heterocycles. The number of thiazole rings is 2. The molecule has 0 fully saturated rings. The molecule has 0 aliphatic carbocycles. The molecule has 1 N–H and O–H groups in total. The number of aromatic nitrogens is 2. The van der Waals surface area contributed by atoms with Gasteiger partial charge in [-0.2, -0.15) is 0 Å². The van der Waals surface area contributed by atoms with Gasteiger partial charge in [-0.25, -0.2) is 14.8 Å². The van der Waals surface area contributed by atoms with E-state index >= 15 is 0 Å². The van der Waals surface area contributed by atoms with Gasteiger partial charge in [-0.15, -0.1) is 11.3 Å². The lowest BCUT2D eigenvalue weighted by molar-refractivity contribution is -0.117. The van der Waals surface area contributed by atoms with Gasteiger partial charge in [0, 0.05) is 0 Å². The predicted octanol–water partition coefficient (Wildman–Crippen LogP) is 5.53. The number of Topliss-reactive ketones (excluding diaryl/α,β-unsaturated/α-hetero) is 1. The lowest BCUT2D eigenvalue weighted by Crippen LogP contribution is -2.31.